The van der Waals surface area contributed by atoms with Gasteiger partial charge in [-0.1, -0.05) is 12.8 Å². The normalized spacial score (nSPS) is 26.5. The Morgan fingerprint density at radius 3 is 2.41 bits per heavy atom. The van der Waals surface area contributed by atoms with Crippen LogP contribution in [0.5, 0.6) is 0 Å². The first-order valence-electron chi connectivity index (χ1n) is 7.21. The summed E-state index contributed by atoms with van der Waals surface area (Å²) in [4.78, 5) is 2.56. The third kappa shape index (κ3) is 3.67. The molecule has 0 aromatic heterocycles. The number of hydrogen-bond acceptors (Lipinski definition) is 3. The quantitative estimate of drug-likeness (QED) is 0.799. The van der Waals surface area contributed by atoms with Crippen molar-refractivity contribution < 1.29 is 4.74 Å². The van der Waals surface area contributed by atoms with E-state index in [1.165, 1.54) is 51.6 Å². The number of nitrogens with zero attached hydrogens (tertiary/aromatic N) is 1. The SMILES string of the molecule is COCCC(N)CN1CCC2(CCCC2)CC1. The Bertz CT molecular complexity index is 216. The number of methoxy groups -OCH3 is 1. The fourth-order valence-corrected chi connectivity index (χ4v) is 3.53. The zero-order valence-corrected chi connectivity index (χ0v) is 11.3. The minimum atomic E-state index is 0.285. The van der Waals surface area contributed by atoms with Crippen molar-refractivity contribution in [2.75, 3.05) is 33.4 Å². The van der Waals surface area contributed by atoms with Crippen LogP contribution < -0.4 is 5.73 Å². The molecule has 0 aromatic carbocycles. The van der Waals surface area contributed by atoms with E-state index in [0.717, 1.165) is 25.0 Å². The van der Waals surface area contributed by atoms with E-state index in [4.69, 9.17) is 10.5 Å². The van der Waals surface area contributed by atoms with Gasteiger partial charge in [-0.3, -0.25) is 0 Å². The van der Waals surface area contributed by atoms with E-state index in [-0.39, 0.29) is 6.04 Å². The molecular formula is C14H28N2O. The second-order valence-corrected chi connectivity index (χ2v) is 6.05. The summed E-state index contributed by atoms with van der Waals surface area (Å²) in [5.41, 5.74) is 6.84. The molecule has 2 rings (SSSR count). The van der Waals surface area contributed by atoms with Gasteiger partial charge in [0.15, 0.2) is 0 Å². The van der Waals surface area contributed by atoms with Crippen LogP contribution >= 0.6 is 0 Å². The highest BCUT2D eigenvalue weighted by Crippen LogP contribution is 2.45. The summed E-state index contributed by atoms with van der Waals surface area (Å²) in [7, 11) is 1.75. The van der Waals surface area contributed by atoms with Gasteiger partial charge in [-0.15, -0.1) is 0 Å². The molecule has 2 fully saturated rings. The zero-order chi connectivity index (χ0) is 12.1. The molecule has 1 unspecified atom stereocenters. The lowest BCUT2D eigenvalue weighted by Gasteiger charge is -2.40. The highest BCUT2D eigenvalue weighted by molar-refractivity contribution is 4.90. The van der Waals surface area contributed by atoms with Gasteiger partial charge < -0.3 is 15.4 Å². The molecule has 1 aliphatic carbocycles. The smallest absolute Gasteiger partial charge is 0.0477 e. The van der Waals surface area contributed by atoms with Crippen LogP contribution in [0.3, 0.4) is 0 Å². The highest BCUT2D eigenvalue weighted by Gasteiger charge is 2.36. The molecule has 2 N–H and O–H groups in total. The van der Waals surface area contributed by atoms with E-state index >= 15 is 0 Å². The first kappa shape index (κ1) is 13.3. The molecule has 1 aliphatic heterocycles. The van der Waals surface area contributed by atoms with E-state index < -0.39 is 0 Å². The van der Waals surface area contributed by atoms with Gasteiger partial charge in [0.1, 0.15) is 0 Å². The van der Waals surface area contributed by atoms with Gasteiger partial charge in [-0.05, 0) is 50.6 Å². The van der Waals surface area contributed by atoms with E-state index in [0.29, 0.717) is 0 Å². The molecule has 1 spiro atoms. The predicted molar refractivity (Wildman–Crippen MR) is 71.0 cm³/mol. The second-order valence-electron chi connectivity index (χ2n) is 6.05. The first-order valence-corrected chi connectivity index (χ1v) is 7.21. The summed E-state index contributed by atoms with van der Waals surface area (Å²) >= 11 is 0. The van der Waals surface area contributed by atoms with E-state index in [1.54, 1.807) is 7.11 Å². The van der Waals surface area contributed by atoms with Gasteiger partial charge in [-0.25, -0.2) is 0 Å². The Morgan fingerprint density at radius 2 is 1.82 bits per heavy atom. The van der Waals surface area contributed by atoms with Gasteiger partial charge >= 0.3 is 0 Å². The number of hydrogen-bond donors (Lipinski definition) is 1. The number of rotatable bonds is 5. The average molecular weight is 240 g/mol. The molecule has 1 saturated heterocycles. The number of likely N-dealkylation sites (tertiary alicyclic amines) is 1. The summed E-state index contributed by atoms with van der Waals surface area (Å²) in [6, 6.07) is 0.285. The zero-order valence-electron chi connectivity index (χ0n) is 11.3. The van der Waals surface area contributed by atoms with Crippen molar-refractivity contribution in [1.82, 2.24) is 4.90 Å². The fourth-order valence-electron chi connectivity index (χ4n) is 3.53. The molecule has 1 heterocycles. The lowest BCUT2D eigenvalue weighted by Crippen LogP contribution is -2.44. The minimum absolute atomic E-state index is 0.285. The Hall–Kier alpha value is -0.120. The Labute approximate surface area is 106 Å². The largest absolute Gasteiger partial charge is 0.385 e. The number of piperidine rings is 1. The van der Waals surface area contributed by atoms with Crippen molar-refractivity contribution in [1.29, 1.82) is 0 Å². The molecule has 100 valence electrons. The Kier molecular flexibility index (Phi) is 4.83. The van der Waals surface area contributed by atoms with Gasteiger partial charge in [-0.2, -0.15) is 0 Å². The van der Waals surface area contributed by atoms with E-state index in [2.05, 4.69) is 4.90 Å². The van der Waals surface area contributed by atoms with Crippen molar-refractivity contribution >= 4 is 0 Å². The maximum absolute atomic E-state index is 6.11. The summed E-state index contributed by atoms with van der Waals surface area (Å²) in [5, 5.41) is 0. The maximum Gasteiger partial charge on any atom is 0.0477 e. The number of nitrogens with two attached hydrogens (primary N) is 1. The monoisotopic (exact) mass is 240 g/mol. The van der Waals surface area contributed by atoms with Crippen LogP contribution in [0.1, 0.15) is 44.9 Å². The molecule has 0 radical (unpaired) electrons. The molecule has 0 aromatic rings. The third-order valence-electron chi connectivity index (χ3n) is 4.77. The predicted octanol–water partition coefficient (Wildman–Crippen LogP) is 2.01. The van der Waals surface area contributed by atoms with Crippen molar-refractivity contribution in [3.63, 3.8) is 0 Å². The molecule has 3 nitrogen and oxygen atoms in total. The van der Waals surface area contributed by atoms with E-state index in [9.17, 15) is 0 Å². The average Bonchev–Trinajstić information content (AvgIpc) is 2.79. The minimum Gasteiger partial charge on any atom is -0.385 e. The molecule has 17 heavy (non-hydrogen) atoms. The van der Waals surface area contributed by atoms with Gasteiger partial charge in [0.2, 0.25) is 0 Å². The van der Waals surface area contributed by atoms with Crippen molar-refractivity contribution in [3.8, 4) is 0 Å². The first-order chi connectivity index (χ1) is 8.24. The number of ether oxygens (including phenoxy) is 1. The van der Waals surface area contributed by atoms with Crippen molar-refractivity contribution in [3.05, 3.63) is 0 Å². The summed E-state index contributed by atoms with van der Waals surface area (Å²) in [6.45, 7) is 4.37. The lowest BCUT2D eigenvalue weighted by molar-refractivity contribution is 0.0988. The molecule has 0 amide bonds. The van der Waals surface area contributed by atoms with Crippen LogP contribution in [0.25, 0.3) is 0 Å². The van der Waals surface area contributed by atoms with Crippen molar-refractivity contribution in [2.45, 2.75) is 51.0 Å². The molecular weight excluding hydrogens is 212 g/mol. The topological polar surface area (TPSA) is 38.5 Å². The Balaban J connectivity index is 1.68. The van der Waals surface area contributed by atoms with Gasteiger partial charge in [0, 0.05) is 26.3 Å². The maximum atomic E-state index is 6.11. The second kappa shape index (κ2) is 6.17. The van der Waals surface area contributed by atoms with Crippen LogP contribution in [0.15, 0.2) is 0 Å². The Morgan fingerprint density at radius 1 is 1.18 bits per heavy atom. The highest BCUT2D eigenvalue weighted by atomic mass is 16.5. The third-order valence-corrected chi connectivity index (χ3v) is 4.77. The van der Waals surface area contributed by atoms with Crippen LogP contribution in [-0.4, -0.2) is 44.3 Å². The fraction of sp³-hybridized carbons (Fsp3) is 1.00. The van der Waals surface area contributed by atoms with Crippen molar-refractivity contribution in [2.24, 2.45) is 11.1 Å². The molecule has 1 atom stereocenters. The lowest BCUT2D eigenvalue weighted by atomic mass is 9.77. The standard InChI is InChI=1S/C14H28N2O/c1-17-11-4-13(15)12-16-9-7-14(8-10-16)5-2-3-6-14/h13H,2-12,15H2,1H3. The summed E-state index contributed by atoms with van der Waals surface area (Å²) < 4.78 is 5.08. The van der Waals surface area contributed by atoms with Crippen LogP contribution in [-0.2, 0) is 4.74 Å². The molecule has 2 aliphatic rings. The van der Waals surface area contributed by atoms with Gasteiger partial charge in [0.05, 0.1) is 0 Å². The summed E-state index contributed by atoms with van der Waals surface area (Å²) in [6.07, 6.45) is 9.69. The summed E-state index contributed by atoms with van der Waals surface area (Å²) in [5.74, 6) is 0. The van der Waals surface area contributed by atoms with Crippen LogP contribution in [0.2, 0.25) is 0 Å². The van der Waals surface area contributed by atoms with Crippen LogP contribution in [0, 0.1) is 5.41 Å². The van der Waals surface area contributed by atoms with Crippen LogP contribution in [0.4, 0.5) is 0 Å². The van der Waals surface area contributed by atoms with Gasteiger partial charge in [0.25, 0.3) is 0 Å². The molecule has 0 bridgehead atoms. The molecule has 1 saturated carbocycles. The van der Waals surface area contributed by atoms with E-state index in [1.807, 2.05) is 0 Å². The molecule has 3 heteroatoms.